The molecule has 2 N–H and O–H groups in total. The Balaban J connectivity index is 2.44. The van der Waals surface area contributed by atoms with Crippen LogP contribution >= 0.6 is 23.1 Å². The molecule has 96 valence electrons. The molecule has 0 fully saturated rings. The van der Waals surface area contributed by atoms with Crippen LogP contribution in [0, 0.1) is 6.92 Å². The third-order valence-corrected chi connectivity index (χ3v) is 4.62. The van der Waals surface area contributed by atoms with Gasteiger partial charge in [0.25, 0.3) is 0 Å². The number of thioether (sulfide) groups is 1. The number of nitrogens with two attached hydrogens (primary N) is 1. The first kappa shape index (κ1) is 13.6. The van der Waals surface area contributed by atoms with Crippen LogP contribution in [0.3, 0.4) is 0 Å². The second-order valence-electron chi connectivity index (χ2n) is 4.29. The van der Waals surface area contributed by atoms with Crippen LogP contribution in [0.25, 0.3) is 11.3 Å². The molecular weight excluding hydrogens is 260 g/mol. The fourth-order valence-corrected chi connectivity index (χ4v) is 3.32. The fourth-order valence-electron chi connectivity index (χ4n) is 1.75. The van der Waals surface area contributed by atoms with Gasteiger partial charge in [-0.05, 0) is 31.7 Å². The first-order valence-electron chi connectivity index (χ1n) is 6.06. The van der Waals surface area contributed by atoms with Crippen LogP contribution in [-0.2, 0) is 0 Å². The van der Waals surface area contributed by atoms with E-state index in [9.17, 15) is 0 Å². The summed E-state index contributed by atoms with van der Waals surface area (Å²) in [6, 6.07) is 6.55. The predicted molar refractivity (Wildman–Crippen MR) is 81.3 cm³/mol. The Morgan fingerprint density at radius 1 is 1.44 bits per heavy atom. The van der Waals surface area contributed by atoms with E-state index < -0.39 is 0 Å². The fraction of sp³-hybridized carbons (Fsp3) is 0.357. The maximum absolute atomic E-state index is 5.87. The highest BCUT2D eigenvalue weighted by Crippen LogP contribution is 2.33. The Morgan fingerprint density at radius 3 is 2.83 bits per heavy atom. The minimum Gasteiger partial charge on any atom is -0.322 e. The monoisotopic (exact) mass is 278 g/mol. The van der Waals surface area contributed by atoms with Crippen LogP contribution in [-0.4, -0.2) is 10.7 Å². The van der Waals surface area contributed by atoms with Crippen LogP contribution in [0.2, 0.25) is 0 Å². The highest BCUT2D eigenvalue weighted by atomic mass is 32.2. The molecule has 18 heavy (non-hydrogen) atoms. The van der Waals surface area contributed by atoms with Crippen LogP contribution in [0.5, 0.6) is 0 Å². The average Bonchev–Trinajstić information content (AvgIpc) is 2.81. The highest BCUT2D eigenvalue weighted by molar-refractivity contribution is 7.99. The van der Waals surface area contributed by atoms with E-state index in [2.05, 4.69) is 42.4 Å². The van der Waals surface area contributed by atoms with Gasteiger partial charge in [0.15, 0.2) is 0 Å². The van der Waals surface area contributed by atoms with Crippen molar-refractivity contribution in [2.75, 3.05) is 5.75 Å². The zero-order valence-corrected chi connectivity index (χ0v) is 12.6. The summed E-state index contributed by atoms with van der Waals surface area (Å²) in [6.45, 7) is 6.26. The summed E-state index contributed by atoms with van der Waals surface area (Å²) < 4.78 is 0. The molecule has 0 aliphatic carbocycles. The van der Waals surface area contributed by atoms with E-state index >= 15 is 0 Å². The molecule has 0 radical (unpaired) electrons. The molecule has 1 atom stereocenters. The van der Waals surface area contributed by atoms with E-state index in [0.717, 1.165) is 16.5 Å². The first-order chi connectivity index (χ1) is 8.61. The zero-order valence-electron chi connectivity index (χ0n) is 10.9. The molecule has 2 aromatic rings. The van der Waals surface area contributed by atoms with Gasteiger partial charge in [0, 0.05) is 15.8 Å². The van der Waals surface area contributed by atoms with Gasteiger partial charge in [-0.25, -0.2) is 4.98 Å². The number of aryl methyl sites for hydroxylation is 1. The Hall–Kier alpha value is -0.840. The van der Waals surface area contributed by atoms with Gasteiger partial charge in [-0.2, -0.15) is 0 Å². The van der Waals surface area contributed by atoms with Gasteiger partial charge in [0.05, 0.1) is 11.7 Å². The molecule has 0 amide bonds. The van der Waals surface area contributed by atoms with Crippen molar-refractivity contribution in [3.8, 4) is 11.3 Å². The van der Waals surface area contributed by atoms with Crippen molar-refractivity contribution in [3.63, 3.8) is 0 Å². The molecule has 0 saturated heterocycles. The third-order valence-electron chi connectivity index (χ3n) is 2.62. The zero-order chi connectivity index (χ0) is 13.1. The third kappa shape index (κ3) is 2.94. The normalized spacial score (nSPS) is 12.7. The van der Waals surface area contributed by atoms with Gasteiger partial charge in [-0.1, -0.05) is 18.6 Å². The molecule has 1 aromatic heterocycles. The number of nitrogens with zero attached hydrogens (tertiary/aromatic N) is 1. The molecular formula is C14H18N2S2. The van der Waals surface area contributed by atoms with E-state index in [1.54, 1.807) is 11.3 Å². The molecule has 1 unspecified atom stereocenters. The van der Waals surface area contributed by atoms with E-state index in [1.165, 1.54) is 16.0 Å². The van der Waals surface area contributed by atoms with Crippen LogP contribution in [0.1, 0.15) is 30.5 Å². The number of rotatable bonds is 4. The minimum absolute atomic E-state index is 0.0100. The molecule has 0 spiro atoms. The lowest BCUT2D eigenvalue weighted by atomic mass is 10.1. The summed E-state index contributed by atoms with van der Waals surface area (Å²) in [4.78, 5) is 5.94. The molecule has 0 aliphatic rings. The van der Waals surface area contributed by atoms with Gasteiger partial charge in [-0.15, -0.1) is 23.1 Å². The number of hydrogen-bond acceptors (Lipinski definition) is 4. The molecule has 0 bridgehead atoms. The molecule has 4 heteroatoms. The summed E-state index contributed by atoms with van der Waals surface area (Å²) >= 11 is 3.50. The molecule has 2 rings (SSSR count). The highest BCUT2D eigenvalue weighted by Gasteiger charge is 2.11. The quantitative estimate of drug-likeness (QED) is 0.850. The Labute approximate surface area is 117 Å². The second-order valence-corrected chi connectivity index (χ2v) is 6.49. The molecule has 1 aromatic carbocycles. The van der Waals surface area contributed by atoms with Crippen molar-refractivity contribution in [1.29, 1.82) is 0 Å². The van der Waals surface area contributed by atoms with Crippen molar-refractivity contribution in [2.24, 2.45) is 5.73 Å². The van der Waals surface area contributed by atoms with E-state index in [1.807, 2.05) is 18.7 Å². The largest absolute Gasteiger partial charge is 0.322 e. The van der Waals surface area contributed by atoms with Crippen LogP contribution < -0.4 is 5.73 Å². The van der Waals surface area contributed by atoms with E-state index in [4.69, 9.17) is 5.73 Å². The van der Waals surface area contributed by atoms with Gasteiger partial charge < -0.3 is 5.73 Å². The van der Waals surface area contributed by atoms with Gasteiger partial charge in [-0.3, -0.25) is 0 Å². The Kier molecular flexibility index (Phi) is 4.43. The predicted octanol–water partition coefficient (Wildman–Crippen LogP) is 4.25. The van der Waals surface area contributed by atoms with Crippen LogP contribution in [0.4, 0.5) is 0 Å². The summed E-state index contributed by atoms with van der Waals surface area (Å²) in [6.07, 6.45) is 0. The molecule has 2 nitrogen and oxygen atoms in total. The lowest BCUT2D eigenvalue weighted by molar-refractivity contribution is 0.808. The smallest absolute Gasteiger partial charge is 0.110 e. The summed E-state index contributed by atoms with van der Waals surface area (Å²) in [5, 5.41) is 3.10. The average molecular weight is 278 g/mol. The van der Waals surface area contributed by atoms with Crippen molar-refractivity contribution in [3.05, 3.63) is 34.2 Å². The van der Waals surface area contributed by atoms with Crippen molar-refractivity contribution < 1.29 is 0 Å². The summed E-state index contributed by atoms with van der Waals surface area (Å²) in [5.41, 5.74) is 9.41. The molecule has 0 saturated carbocycles. The Bertz CT molecular complexity index is 532. The van der Waals surface area contributed by atoms with Gasteiger partial charge in [0.1, 0.15) is 5.01 Å². The first-order valence-corrected chi connectivity index (χ1v) is 7.93. The van der Waals surface area contributed by atoms with E-state index in [-0.39, 0.29) is 6.04 Å². The summed E-state index contributed by atoms with van der Waals surface area (Å²) in [5.74, 6) is 1.07. The number of aromatic nitrogens is 1. The maximum Gasteiger partial charge on any atom is 0.110 e. The lowest BCUT2D eigenvalue weighted by Gasteiger charge is -2.07. The maximum atomic E-state index is 5.87. The van der Waals surface area contributed by atoms with Crippen LogP contribution in [0.15, 0.2) is 28.5 Å². The lowest BCUT2D eigenvalue weighted by Crippen LogP contribution is -2.03. The topological polar surface area (TPSA) is 38.9 Å². The Morgan fingerprint density at radius 2 is 2.22 bits per heavy atom. The minimum atomic E-state index is 0.0100. The molecule has 0 aliphatic heterocycles. The van der Waals surface area contributed by atoms with Crippen molar-refractivity contribution in [1.82, 2.24) is 4.98 Å². The van der Waals surface area contributed by atoms with Crippen molar-refractivity contribution in [2.45, 2.75) is 31.7 Å². The second kappa shape index (κ2) is 5.87. The van der Waals surface area contributed by atoms with Crippen molar-refractivity contribution >= 4 is 23.1 Å². The van der Waals surface area contributed by atoms with Gasteiger partial charge >= 0.3 is 0 Å². The number of thiazole rings is 1. The number of benzene rings is 1. The molecule has 1 heterocycles. The van der Waals surface area contributed by atoms with Gasteiger partial charge in [0.2, 0.25) is 0 Å². The number of hydrogen-bond donors (Lipinski definition) is 1. The summed E-state index contributed by atoms with van der Waals surface area (Å²) in [7, 11) is 0. The van der Waals surface area contributed by atoms with E-state index in [0.29, 0.717) is 0 Å². The SMILES string of the molecule is CCSc1ccc(C)cc1-c1csc(C(C)N)n1. The standard InChI is InChI=1S/C14H18N2S2/c1-4-17-13-6-5-9(2)7-11(13)12-8-18-14(16-12)10(3)15/h5-8,10H,4,15H2,1-3H3.